The van der Waals surface area contributed by atoms with Crippen LogP contribution in [0.2, 0.25) is 0 Å². The molecular formula is C26H35NO3. The van der Waals surface area contributed by atoms with Crippen LogP contribution in [0.15, 0.2) is 60.2 Å². The largest absolute Gasteiger partial charge is 0.392 e. The lowest BCUT2D eigenvalue weighted by Gasteiger charge is -2.18. The third-order valence-corrected chi connectivity index (χ3v) is 6.34. The standard InChI is InChI=1S/C26H35NO3/c1-18-7-6-9-19(13-18)15-22(28)11-12-23-24-16-20(14-21(24)17-25(23)29)8-4-5-10-26(30)27(2)3/h4,6-9,11-14,21-25,28-29H,5,10,15-17H2,1-3H3/b8-4-,12-11+/t21-,22+,23+,24-,25+/m0/s1. The van der Waals surface area contributed by atoms with Gasteiger partial charge >= 0.3 is 0 Å². The Morgan fingerprint density at radius 2 is 2.13 bits per heavy atom. The molecule has 1 aromatic rings. The molecule has 30 heavy (non-hydrogen) atoms. The zero-order valence-corrected chi connectivity index (χ0v) is 18.4. The fourth-order valence-electron chi connectivity index (χ4n) is 4.74. The molecule has 3 rings (SSSR count). The van der Waals surface area contributed by atoms with Gasteiger partial charge in [0.1, 0.15) is 0 Å². The van der Waals surface area contributed by atoms with E-state index in [4.69, 9.17) is 0 Å². The molecule has 0 bridgehead atoms. The molecule has 0 radical (unpaired) electrons. The first-order chi connectivity index (χ1) is 14.3. The maximum Gasteiger partial charge on any atom is 0.222 e. The van der Waals surface area contributed by atoms with Gasteiger partial charge in [-0.15, -0.1) is 0 Å². The number of hydrogen-bond acceptors (Lipinski definition) is 3. The molecule has 4 nitrogen and oxygen atoms in total. The van der Waals surface area contributed by atoms with Crippen LogP contribution in [0, 0.1) is 24.7 Å². The van der Waals surface area contributed by atoms with Crippen molar-refractivity contribution >= 4 is 5.91 Å². The molecule has 0 aliphatic heterocycles. The second kappa shape index (κ2) is 10.2. The third kappa shape index (κ3) is 5.93. The van der Waals surface area contributed by atoms with Crippen molar-refractivity contribution in [3.8, 4) is 0 Å². The number of aryl methyl sites for hydroxylation is 1. The second-order valence-corrected chi connectivity index (χ2v) is 9.03. The lowest BCUT2D eigenvalue weighted by Crippen LogP contribution is -2.20. The molecule has 0 saturated heterocycles. The number of aliphatic hydroxyl groups is 2. The first kappa shape index (κ1) is 22.5. The number of benzene rings is 1. The smallest absolute Gasteiger partial charge is 0.222 e. The van der Waals surface area contributed by atoms with E-state index >= 15 is 0 Å². The van der Waals surface area contributed by atoms with E-state index in [0.29, 0.717) is 24.7 Å². The molecule has 0 aromatic heterocycles. The van der Waals surface area contributed by atoms with Crippen molar-refractivity contribution in [2.75, 3.05) is 14.1 Å². The quantitative estimate of drug-likeness (QED) is 0.642. The van der Waals surface area contributed by atoms with Gasteiger partial charge in [0.2, 0.25) is 5.91 Å². The zero-order valence-electron chi connectivity index (χ0n) is 18.4. The van der Waals surface area contributed by atoms with Gasteiger partial charge in [-0.05, 0) is 43.6 Å². The first-order valence-corrected chi connectivity index (χ1v) is 11.0. The highest BCUT2D eigenvalue weighted by atomic mass is 16.3. The van der Waals surface area contributed by atoms with E-state index in [-0.39, 0.29) is 17.9 Å². The van der Waals surface area contributed by atoms with Crippen LogP contribution in [0.4, 0.5) is 0 Å². The molecule has 1 saturated carbocycles. The fourth-order valence-corrected chi connectivity index (χ4v) is 4.74. The molecule has 4 heteroatoms. The molecule has 2 N–H and O–H groups in total. The molecule has 2 aliphatic carbocycles. The van der Waals surface area contributed by atoms with Gasteiger partial charge in [0.25, 0.3) is 0 Å². The van der Waals surface area contributed by atoms with E-state index in [1.54, 1.807) is 19.0 Å². The molecular weight excluding hydrogens is 374 g/mol. The number of allylic oxidation sites excluding steroid dienone is 4. The monoisotopic (exact) mass is 409 g/mol. The predicted octanol–water partition coefficient (Wildman–Crippen LogP) is 3.82. The number of aliphatic hydroxyl groups excluding tert-OH is 2. The van der Waals surface area contributed by atoms with E-state index in [9.17, 15) is 15.0 Å². The van der Waals surface area contributed by atoms with Crippen LogP contribution in [0.25, 0.3) is 0 Å². The molecule has 1 amide bonds. The molecule has 162 valence electrons. The van der Waals surface area contributed by atoms with Crippen molar-refractivity contribution in [2.24, 2.45) is 17.8 Å². The van der Waals surface area contributed by atoms with Crippen molar-refractivity contribution in [1.29, 1.82) is 0 Å². The summed E-state index contributed by atoms with van der Waals surface area (Å²) in [6.07, 6.45) is 13.1. The second-order valence-electron chi connectivity index (χ2n) is 9.03. The Balaban J connectivity index is 1.52. The Hall–Kier alpha value is -2.17. The highest BCUT2D eigenvalue weighted by Crippen LogP contribution is 2.47. The highest BCUT2D eigenvalue weighted by molar-refractivity contribution is 5.75. The van der Waals surface area contributed by atoms with Gasteiger partial charge in [0.15, 0.2) is 0 Å². The van der Waals surface area contributed by atoms with Crippen molar-refractivity contribution in [3.63, 3.8) is 0 Å². The number of rotatable bonds is 8. The van der Waals surface area contributed by atoms with Crippen LogP contribution in [0.3, 0.4) is 0 Å². The van der Waals surface area contributed by atoms with Crippen LogP contribution >= 0.6 is 0 Å². The molecule has 0 heterocycles. The average molecular weight is 410 g/mol. The van der Waals surface area contributed by atoms with Crippen molar-refractivity contribution in [1.82, 2.24) is 4.90 Å². The van der Waals surface area contributed by atoms with Crippen molar-refractivity contribution < 1.29 is 15.0 Å². The third-order valence-electron chi connectivity index (χ3n) is 6.34. The number of fused-ring (bicyclic) bond motifs is 1. The Bertz CT molecular complexity index is 823. The van der Waals surface area contributed by atoms with Crippen LogP contribution < -0.4 is 0 Å². The zero-order chi connectivity index (χ0) is 21.7. The lowest BCUT2D eigenvalue weighted by molar-refractivity contribution is -0.128. The SMILES string of the molecule is Cc1cccc(C[C@H](O)/C=C/[C@@H]2[C@H]3CC(/C=C\CCC(=O)N(C)C)=C[C@H]3C[C@H]2O)c1. The van der Waals surface area contributed by atoms with E-state index < -0.39 is 6.10 Å². The van der Waals surface area contributed by atoms with Crippen LogP contribution in [0.5, 0.6) is 0 Å². The summed E-state index contributed by atoms with van der Waals surface area (Å²) in [4.78, 5) is 13.3. The Kier molecular flexibility index (Phi) is 7.68. The van der Waals surface area contributed by atoms with Gasteiger partial charge < -0.3 is 15.1 Å². The minimum absolute atomic E-state index is 0.0830. The van der Waals surface area contributed by atoms with Gasteiger partial charge in [-0.1, -0.05) is 65.8 Å². The fraction of sp³-hybridized carbons (Fsp3) is 0.500. The minimum atomic E-state index is -0.541. The molecule has 0 unspecified atom stereocenters. The summed E-state index contributed by atoms with van der Waals surface area (Å²) in [6, 6.07) is 8.21. The number of carbonyl (C=O) groups is 1. The summed E-state index contributed by atoms with van der Waals surface area (Å²) in [6.45, 7) is 2.06. The first-order valence-electron chi connectivity index (χ1n) is 11.0. The Labute approximate surface area is 180 Å². The van der Waals surface area contributed by atoms with Gasteiger partial charge in [0.05, 0.1) is 12.2 Å². The summed E-state index contributed by atoms with van der Waals surface area (Å²) >= 11 is 0. The molecule has 1 fully saturated rings. The summed E-state index contributed by atoms with van der Waals surface area (Å²) < 4.78 is 0. The van der Waals surface area contributed by atoms with Crippen molar-refractivity contribution in [2.45, 2.75) is 51.2 Å². The highest BCUT2D eigenvalue weighted by Gasteiger charge is 2.42. The molecule has 2 aliphatic rings. The Morgan fingerprint density at radius 3 is 2.87 bits per heavy atom. The van der Waals surface area contributed by atoms with E-state index in [0.717, 1.165) is 24.8 Å². The van der Waals surface area contributed by atoms with Gasteiger partial charge in [-0.2, -0.15) is 0 Å². The maximum atomic E-state index is 11.7. The molecule has 1 aromatic carbocycles. The lowest BCUT2D eigenvalue weighted by atomic mass is 9.89. The summed E-state index contributed by atoms with van der Waals surface area (Å²) in [7, 11) is 3.56. The van der Waals surface area contributed by atoms with E-state index in [1.165, 1.54) is 11.1 Å². The number of amides is 1. The van der Waals surface area contributed by atoms with Crippen molar-refractivity contribution in [3.05, 3.63) is 71.3 Å². The number of nitrogens with zero attached hydrogens (tertiary/aromatic N) is 1. The maximum absolute atomic E-state index is 11.7. The average Bonchev–Trinajstić information content (AvgIpc) is 3.19. The number of hydrogen-bond donors (Lipinski definition) is 2. The molecule has 0 spiro atoms. The van der Waals surface area contributed by atoms with E-state index in [1.807, 2.05) is 24.3 Å². The van der Waals surface area contributed by atoms with E-state index in [2.05, 4.69) is 37.3 Å². The van der Waals surface area contributed by atoms with Gasteiger partial charge in [-0.25, -0.2) is 0 Å². The molecule has 5 atom stereocenters. The minimum Gasteiger partial charge on any atom is -0.392 e. The van der Waals surface area contributed by atoms with Crippen LogP contribution in [-0.4, -0.2) is 47.3 Å². The van der Waals surface area contributed by atoms with Gasteiger partial charge in [0, 0.05) is 32.9 Å². The van der Waals surface area contributed by atoms with Crippen LogP contribution in [-0.2, 0) is 11.2 Å². The summed E-state index contributed by atoms with van der Waals surface area (Å²) in [5.74, 6) is 1.02. The normalized spacial score (nSPS) is 26.9. The summed E-state index contributed by atoms with van der Waals surface area (Å²) in [5, 5.41) is 21.0. The Morgan fingerprint density at radius 1 is 1.33 bits per heavy atom. The summed E-state index contributed by atoms with van der Waals surface area (Å²) in [5.41, 5.74) is 3.62. The van der Waals surface area contributed by atoms with Crippen LogP contribution in [0.1, 0.15) is 36.8 Å². The number of carbonyl (C=O) groups excluding carboxylic acids is 1. The van der Waals surface area contributed by atoms with Gasteiger partial charge in [-0.3, -0.25) is 4.79 Å². The predicted molar refractivity (Wildman–Crippen MR) is 121 cm³/mol. The topological polar surface area (TPSA) is 60.8 Å².